The Balaban J connectivity index is 0.000000150. The van der Waals surface area contributed by atoms with Crippen molar-refractivity contribution in [1.29, 1.82) is 0 Å². The van der Waals surface area contributed by atoms with Gasteiger partial charge >= 0.3 is 0 Å². The normalized spacial score (nSPS) is 13.3. The number of rotatable bonds is 3. The van der Waals surface area contributed by atoms with E-state index in [0.29, 0.717) is 0 Å². The molecule has 0 spiro atoms. The molecule has 3 nitrogen and oxygen atoms in total. The molecule has 1 aliphatic rings. The van der Waals surface area contributed by atoms with E-state index in [9.17, 15) is 0 Å². The fourth-order valence-corrected chi connectivity index (χ4v) is 7.73. The van der Waals surface area contributed by atoms with Gasteiger partial charge in [0, 0.05) is 50.2 Å². The van der Waals surface area contributed by atoms with Crippen LogP contribution in [0.3, 0.4) is 0 Å². The molecule has 6 aromatic carbocycles. The van der Waals surface area contributed by atoms with Gasteiger partial charge in [-0.25, -0.2) is 0 Å². The van der Waals surface area contributed by atoms with Gasteiger partial charge in [0.05, 0.1) is 5.58 Å². The van der Waals surface area contributed by atoms with Crippen molar-refractivity contribution < 1.29 is 25.9 Å². The third kappa shape index (κ3) is 5.55. The van der Waals surface area contributed by atoms with Gasteiger partial charge in [-0.05, 0) is 51.5 Å². The zero-order chi connectivity index (χ0) is 35.6. The minimum absolute atomic E-state index is 0. The molecule has 3 aromatic heterocycles. The molecule has 4 heteroatoms. The van der Waals surface area contributed by atoms with Crippen LogP contribution in [0.5, 0.6) is 0 Å². The maximum Gasteiger partial charge on any atom is 0.125 e. The number of pyridine rings is 2. The first-order valence-electron chi connectivity index (χ1n) is 17.9. The van der Waals surface area contributed by atoms with E-state index in [-0.39, 0.29) is 25.5 Å². The number of hydrogen-bond donors (Lipinski definition) is 0. The maximum atomic E-state index is 8.22. The summed E-state index contributed by atoms with van der Waals surface area (Å²) >= 11 is 0. The Bertz CT molecular complexity index is 2820. The Morgan fingerprint density at radius 1 is 0.654 bits per heavy atom. The molecule has 0 saturated heterocycles. The molecule has 0 bridgehead atoms. The summed E-state index contributed by atoms with van der Waals surface area (Å²) in [4.78, 5) is 8.99. The van der Waals surface area contributed by atoms with Gasteiger partial charge in [-0.3, -0.25) is 0 Å². The molecule has 3 heterocycles. The average molecular weight is 850 g/mol. The Hall–Kier alpha value is -5.41. The summed E-state index contributed by atoms with van der Waals surface area (Å²) in [5.41, 5.74) is 11.5. The van der Waals surface area contributed by atoms with Gasteiger partial charge < -0.3 is 14.4 Å². The van der Waals surface area contributed by atoms with Crippen molar-refractivity contribution in [3.05, 3.63) is 169 Å². The summed E-state index contributed by atoms with van der Waals surface area (Å²) in [7, 11) is 0. The Labute approximate surface area is 319 Å². The van der Waals surface area contributed by atoms with Crippen LogP contribution >= 0.6 is 0 Å². The van der Waals surface area contributed by atoms with E-state index in [2.05, 4.69) is 121 Å². The van der Waals surface area contributed by atoms with Crippen molar-refractivity contribution in [2.75, 3.05) is 0 Å². The van der Waals surface area contributed by atoms with Crippen LogP contribution in [0.1, 0.15) is 51.7 Å². The maximum absolute atomic E-state index is 8.22. The molecule has 0 amide bonds. The Kier molecular flexibility index (Phi) is 8.30. The molecule has 1 radical (unpaired) electrons. The summed E-state index contributed by atoms with van der Waals surface area (Å²) in [5, 5.41) is 7.13. The third-order valence-corrected chi connectivity index (χ3v) is 10.3. The largest absolute Gasteiger partial charge is 0.500 e. The van der Waals surface area contributed by atoms with Gasteiger partial charge in [0.2, 0.25) is 0 Å². The first kappa shape index (κ1) is 32.5. The van der Waals surface area contributed by atoms with Crippen molar-refractivity contribution >= 4 is 43.5 Å². The van der Waals surface area contributed by atoms with Crippen molar-refractivity contribution in [2.45, 2.75) is 39.0 Å². The van der Waals surface area contributed by atoms with E-state index in [1.807, 2.05) is 62.5 Å². The van der Waals surface area contributed by atoms with E-state index in [1.54, 1.807) is 6.20 Å². The van der Waals surface area contributed by atoms with Crippen LogP contribution in [0.4, 0.5) is 0 Å². The third-order valence-electron chi connectivity index (χ3n) is 10.3. The van der Waals surface area contributed by atoms with E-state index < -0.39 is 5.89 Å². The molecule has 0 aliphatic heterocycles. The zero-order valence-corrected chi connectivity index (χ0v) is 31.8. The second kappa shape index (κ2) is 13.3. The van der Waals surface area contributed by atoms with Crippen molar-refractivity contribution in [3.63, 3.8) is 0 Å². The number of hydrogen-bond acceptors (Lipinski definition) is 3. The topological polar surface area (TPSA) is 38.9 Å². The van der Waals surface area contributed by atoms with Crippen molar-refractivity contribution in [1.82, 2.24) is 9.97 Å². The first-order chi connectivity index (χ1) is 25.2. The summed E-state index contributed by atoms with van der Waals surface area (Å²) in [5.74, 6) is -0.634. The van der Waals surface area contributed by atoms with Gasteiger partial charge in [-0.1, -0.05) is 146 Å². The van der Waals surface area contributed by atoms with E-state index in [4.69, 9.17) is 5.79 Å². The van der Waals surface area contributed by atoms with E-state index in [1.165, 1.54) is 43.8 Å². The minimum Gasteiger partial charge on any atom is -0.500 e. The number of nitrogens with zero attached hydrogens (tertiary/aromatic N) is 2. The van der Waals surface area contributed by atoms with E-state index >= 15 is 0 Å². The number of furan rings is 1. The van der Waals surface area contributed by atoms with Crippen LogP contribution < -0.4 is 0 Å². The summed E-state index contributed by atoms with van der Waals surface area (Å²) < 4.78 is 14.8. The Morgan fingerprint density at radius 2 is 1.42 bits per heavy atom. The van der Waals surface area contributed by atoms with Gasteiger partial charge in [-0.15, -0.1) is 47.3 Å². The molecule has 10 rings (SSSR count). The molecule has 52 heavy (non-hydrogen) atoms. The molecule has 0 N–H and O–H groups in total. The van der Waals surface area contributed by atoms with Gasteiger partial charge in [0.25, 0.3) is 0 Å². The second-order valence-electron chi connectivity index (χ2n) is 14.0. The molecule has 255 valence electrons. The van der Waals surface area contributed by atoms with Gasteiger partial charge in [0.15, 0.2) is 0 Å². The number of benzene rings is 6. The molecule has 0 fully saturated rings. The van der Waals surface area contributed by atoms with Gasteiger partial charge in [-0.2, -0.15) is 0 Å². The SMILES string of the molecule is CC1(C)c2ccccc2-c2ccc3c(oc4c(-c5ccccn5)[c-]ccc43)c21.[2H]C(C)(C)c1ccnc(-c2[c-]cc3c(ccc4ccccc43)c2)c1.[Ir]. The van der Waals surface area contributed by atoms with Crippen molar-refractivity contribution in [2.24, 2.45) is 0 Å². The monoisotopic (exact) mass is 850 g/mol. The van der Waals surface area contributed by atoms with Crippen LogP contribution in [-0.4, -0.2) is 9.97 Å². The average Bonchev–Trinajstić information content (AvgIpc) is 3.67. The van der Waals surface area contributed by atoms with Crippen LogP contribution in [0.15, 0.2) is 144 Å². The first-order valence-corrected chi connectivity index (χ1v) is 17.4. The van der Waals surface area contributed by atoms with Crippen LogP contribution in [0.2, 0.25) is 0 Å². The summed E-state index contributed by atoms with van der Waals surface area (Å²) in [6.45, 7) is 8.36. The summed E-state index contributed by atoms with van der Waals surface area (Å²) in [6, 6.07) is 50.6. The quantitative estimate of drug-likeness (QED) is 0.131. The van der Waals surface area contributed by atoms with Crippen molar-refractivity contribution in [3.8, 4) is 33.6 Å². The molecule has 9 aromatic rings. The minimum atomic E-state index is -0.634. The molecule has 0 saturated carbocycles. The van der Waals surface area contributed by atoms with Crippen LogP contribution in [0, 0.1) is 12.1 Å². The van der Waals surface area contributed by atoms with E-state index in [0.717, 1.165) is 50.0 Å². The zero-order valence-electron chi connectivity index (χ0n) is 30.4. The number of fused-ring (bicyclic) bond motifs is 10. The van der Waals surface area contributed by atoms with Crippen LogP contribution in [0.25, 0.3) is 77.1 Å². The number of aromatic nitrogens is 2. The summed E-state index contributed by atoms with van der Waals surface area (Å²) in [6.07, 6.45) is 3.58. The fourth-order valence-electron chi connectivity index (χ4n) is 7.73. The standard InChI is InChI=1S/C26H18NO.C22H18N.Ir/c1-26(2)21-11-4-3-8-16(21)17-13-14-19-18-9-7-10-20(22-12-5-6-15-27-22)24(18)28-25(19)23(17)26;1-15(2)17-11-12-23-22(14-17)19-9-10-21-18(13-19)8-7-16-5-3-4-6-20(16)21;/h3-9,11-15H,1-2H3;3-8,10-15H,1-2H3;/q2*-1;/i;15D;. The molecule has 0 unspecified atom stereocenters. The molecule has 0 atom stereocenters. The second-order valence-corrected chi connectivity index (χ2v) is 14.0. The predicted octanol–water partition coefficient (Wildman–Crippen LogP) is 12.7. The smallest absolute Gasteiger partial charge is 0.125 e. The fraction of sp³-hybridized carbons (Fsp3) is 0.125. The molecular formula is C48H36IrN2O-2. The predicted molar refractivity (Wildman–Crippen MR) is 211 cm³/mol. The Morgan fingerprint density at radius 3 is 2.27 bits per heavy atom. The van der Waals surface area contributed by atoms with Gasteiger partial charge in [0.1, 0.15) is 5.58 Å². The molecular weight excluding hydrogens is 813 g/mol. The molecule has 1 aliphatic carbocycles. The van der Waals surface area contributed by atoms with Crippen LogP contribution in [-0.2, 0) is 25.5 Å².